The van der Waals surface area contributed by atoms with Gasteiger partial charge in [0, 0.05) is 18.5 Å². The van der Waals surface area contributed by atoms with Crippen LogP contribution in [-0.4, -0.2) is 28.1 Å². The smallest absolute Gasteiger partial charge is 0.315 e. The fourth-order valence-electron chi connectivity index (χ4n) is 1.93. The van der Waals surface area contributed by atoms with Gasteiger partial charge in [-0.15, -0.1) is 0 Å². The van der Waals surface area contributed by atoms with Gasteiger partial charge in [0.25, 0.3) is 5.56 Å². The second kappa shape index (κ2) is 5.95. The van der Waals surface area contributed by atoms with E-state index in [9.17, 15) is 9.59 Å². The van der Waals surface area contributed by atoms with Crippen molar-refractivity contribution in [2.75, 3.05) is 6.54 Å². The molecule has 0 saturated carbocycles. The zero-order valence-corrected chi connectivity index (χ0v) is 12.5. The topological polar surface area (TPSA) is 86.9 Å². The highest BCUT2D eigenvalue weighted by molar-refractivity contribution is 5.77. The number of urea groups is 1. The van der Waals surface area contributed by atoms with Crippen LogP contribution in [0.2, 0.25) is 0 Å². The molecular weight excluding hydrogens is 268 g/mol. The van der Waals surface area contributed by atoms with E-state index in [1.54, 1.807) is 18.2 Å². The molecule has 21 heavy (non-hydrogen) atoms. The number of benzene rings is 1. The SMILES string of the molecule is CC(C)(C)NC(=O)NCCc1nc2ccccc2c(=O)[nH]1. The zero-order chi connectivity index (χ0) is 15.5. The molecule has 1 heterocycles. The van der Waals surface area contributed by atoms with Crippen molar-refractivity contribution in [3.8, 4) is 0 Å². The van der Waals surface area contributed by atoms with E-state index < -0.39 is 0 Å². The second-order valence-corrected chi connectivity index (χ2v) is 5.91. The predicted molar refractivity (Wildman–Crippen MR) is 82.4 cm³/mol. The highest BCUT2D eigenvalue weighted by atomic mass is 16.2. The summed E-state index contributed by atoms with van der Waals surface area (Å²) in [5.41, 5.74) is 0.227. The molecule has 3 N–H and O–H groups in total. The number of nitrogens with one attached hydrogen (secondary N) is 3. The quantitative estimate of drug-likeness (QED) is 0.801. The van der Waals surface area contributed by atoms with Gasteiger partial charge in [-0.3, -0.25) is 4.79 Å². The van der Waals surface area contributed by atoms with Crippen LogP contribution in [0.5, 0.6) is 0 Å². The molecule has 0 bridgehead atoms. The molecule has 2 amide bonds. The van der Waals surface area contributed by atoms with Gasteiger partial charge in [0.2, 0.25) is 0 Å². The highest BCUT2D eigenvalue weighted by Crippen LogP contribution is 2.05. The fraction of sp³-hybridized carbons (Fsp3) is 0.400. The van der Waals surface area contributed by atoms with Crippen LogP contribution in [0.3, 0.4) is 0 Å². The average Bonchev–Trinajstić information content (AvgIpc) is 2.36. The van der Waals surface area contributed by atoms with E-state index in [4.69, 9.17) is 0 Å². The van der Waals surface area contributed by atoms with E-state index >= 15 is 0 Å². The van der Waals surface area contributed by atoms with E-state index in [1.165, 1.54) is 0 Å². The number of amides is 2. The molecular formula is C15H20N4O2. The number of carbonyl (C=O) groups is 1. The summed E-state index contributed by atoms with van der Waals surface area (Å²) in [5.74, 6) is 0.565. The first-order chi connectivity index (χ1) is 9.85. The monoisotopic (exact) mass is 288 g/mol. The van der Waals surface area contributed by atoms with Crippen molar-refractivity contribution in [3.05, 3.63) is 40.4 Å². The summed E-state index contributed by atoms with van der Waals surface area (Å²) in [5, 5.41) is 6.12. The molecule has 6 nitrogen and oxygen atoms in total. The third-order valence-corrected chi connectivity index (χ3v) is 2.80. The van der Waals surface area contributed by atoms with Crippen molar-refractivity contribution in [2.45, 2.75) is 32.7 Å². The molecule has 0 aliphatic carbocycles. The molecule has 2 aromatic rings. The molecule has 1 aromatic carbocycles. The van der Waals surface area contributed by atoms with Crippen LogP contribution >= 0.6 is 0 Å². The van der Waals surface area contributed by atoms with Crippen molar-refractivity contribution in [1.29, 1.82) is 0 Å². The van der Waals surface area contributed by atoms with Gasteiger partial charge in [-0.25, -0.2) is 9.78 Å². The van der Waals surface area contributed by atoms with E-state index in [0.717, 1.165) is 0 Å². The highest BCUT2D eigenvalue weighted by Gasteiger charge is 2.13. The van der Waals surface area contributed by atoms with Crippen molar-refractivity contribution < 1.29 is 4.79 Å². The number of carbonyl (C=O) groups excluding carboxylic acids is 1. The third-order valence-electron chi connectivity index (χ3n) is 2.80. The maximum atomic E-state index is 11.9. The number of rotatable bonds is 3. The minimum Gasteiger partial charge on any atom is -0.338 e. The number of hydrogen-bond acceptors (Lipinski definition) is 3. The number of aromatic nitrogens is 2. The molecule has 0 atom stereocenters. The molecule has 112 valence electrons. The maximum absolute atomic E-state index is 11.9. The lowest BCUT2D eigenvalue weighted by Gasteiger charge is -2.20. The van der Waals surface area contributed by atoms with E-state index in [-0.39, 0.29) is 17.1 Å². The average molecular weight is 288 g/mol. The Morgan fingerprint density at radius 1 is 1.29 bits per heavy atom. The Labute approximate surface area is 123 Å². The van der Waals surface area contributed by atoms with Crippen LogP contribution in [-0.2, 0) is 6.42 Å². The second-order valence-electron chi connectivity index (χ2n) is 5.91. The van der Waals surface area contributed by atoms with Crippen LogP contribution in [0.4, 0.5) is 4.79 Å². The molecule has 0 aliphatic heterocycles. The molecule has 0 spiro atoms. The standard InChI is InChI=1S/C15H20N4O2/c1-15(2,3)19-14(21)16-9-8-12-17-11-7-5-4-6-10(11)13(20)18-12/h4-7H,8-9H2,1-3H3,(H2,16,19,21)(H,17,18,20). The Hall–Kier alpha value is -2.37. The Morgan fingerprint density at radius 2 is 2.00 bits per heavy atom. The van der Waals surface area contributed by atoms with Gasteiger partial charge >= 0.3 is 6.03 Å². The van der Waals surface area contributed by atoms with Gasteiger partial charge in [0.05, 0.1) is 10.9 Å². The van der Waals surface area contributed by atoms with Crippen molar-refractivity contribution >= 4 is 16.9 Å². The number of fused-ring (bicyclic) bond motifs is 1. The molecule has 0 fully saturated rings. The Balaban J connectivity index is 1.98. The van der Waals surface area contributed by atoms with Crippen LogP contribution in [0, 0.1) is 0 Å². The Kier molecular flexibility index (Phi) is 4.26. The first-order valence-corrected chi connectivity index (χ1v) is 6.89. The predicted octanol–water partition coefficient (Wildman–Crippen LogP) is 1.56. The number of aromatic amines is 1. The Morgan fingerprint density at radius 3 is 2.71 bits per heavy atom. The normalized spacial score (nSPS) is 11.4. The summed E-state index contributed by atoms with van der Waals surface area (Å²) < 4.78 is 0. The van der Waals surface area contributed by atoms with Gasteiger partial charge in [0.1, 0.15) is 5.82 Å². The molecule has 1 aromatic heterocycles. The number of nitrogens with zero attached hydrogens (tertiary/aromatic N) is 1. The minimum atomic E-state index is -0.278. The number of para-hydroxylation sites is 1. The molecule has 0 unspecified atom stereocenters. The van der Waals surface area contributed by atoms with Gasteiger partial charge in [-0.2, -0.15) is 0 Å². The Bertz CT molecular complexity index is 701. The van der Waals surface area contributed by atoms with Gasteiger partial charge in [-0.05, 0) is 32.9 Å². The summed E-state index contributed by atoms with van der Waals surface area (Å²) in [6.07, 6.45) is 0.470. The van der Waals surface area contributed by atoms with Gasteiger partial charge in [0.15, 0.2) is 0 Å². The molecule has 0 radical (unpaired) electrons. The number of H-pyrrole nitrogens is 1. The van der Waals surface area contributed by atoms with Crippen LogP contribution in [0.15, 0.2) is 29.1 Å². The van der Waals surface area contributed by atoms with Crippen molar-refractivity contribution in [3.63, 3.8) is 0 Å². The summed E-state index contributed by atoms with van der Waals surface area (Å²) in [6, 6.07) is 6.95. The van der Waals surface area contributed by atoms with Gasteiger partial charge < -0.3 is 15.6 Å². The first-order valence-electron chi connectivity index (χ1n) is 6.89. The van der Waals surface area contributed by atoms with E-state index in [2.05, 4.69) is 20.6 Å². The zero-order valence-electron chi connectivity index (χ0n) is 12.5. The number of hydrogen-bond donors (Lipinski definition) is 3. The summed E-state index contributed by atoms with van der Waals surface area (Å²) in [7, 11) is 0. The lowest BCUT2D eigenvalue weighted by molar-refractivity contribution is 0.232. The van der Waals surface area contributed by atoms with Gasteiger partial charge in [-0.1, -0.05) is 12.1 Å². The molecule has 0 saturated heterocycles. The molecule has 2 rings (SSSR count). The summed E-state index contributed by atoms with van der Waals surface area (Å²) in [4.78, 5) is 30.6. The largest absolute Gasteiger partial charge is 0.338 e. The van der Waals surface area contributed by atoms with E-state index in [0.29, 0.717) is 29.7 Å². The van der Waals surface area contributed by atoms with Crippen molar-refractivity contribution in [1.82, 2.24) is 20.6 Å². The van der Waals surface area contributed by atoms with E-state index in [1.807, 2.05) is 26.8 Å². The lowest BCUT2D eigenvalue weighted by atomic mass is 10.1. The van der Waals surface area contributed by atoms with Crippen LogP contribution in [0.1, 0.15) is 26.6 Å². The van der Waals surface area contributed by atoms with Crippen LogP contribution in [0.25, 0.3) is 10.9 Å². The maximum Gasteiger partial charge on any atom is 0.315 e. The third kappa shape index (κ3) is 4.30. The lowest BCUT2D eigenvalue weighted by Crippen LogP contribution is -2.46. The van der Waals surface area contributed by atoms with Crippen molar-refractivity contribution in [2.24, 2.45) is 0 Å². The summed E-state index contributed by atoms with van der Waals surface area (Å²) in [6.45, 7) is 6.14. The molecule has 0 aliphatic rings. The fourth-order valence-corrected chi connectivity index (χ4v) is 1.93. The summed E-state index contributed by atoms with van der Waals surface area (Å²) >= 11 is 0. The molecule has 6 heteroatoms. The van der Waals surface area contributed by atoms with Crippen LogP contribution < -0.4 is 16.2 Å². The minimum absolute atomic E-state index is 0.158. The first kappa shape index (κ1) is 15.0.